The summed E-state index contributed by atoms with van der Waals surface area (Å²) < 4.78 is 38.4. The maximum absolute atomic E-state index is 13.7. The van der Waals surface area contributed by atoms with E-state index in [1.165, 1.54) is 31.3 Å². The molecule has 320 valence electrons. The molecular formula is C43H61N3O12. The molecular weight excluding hydrogens is 750 g/mol. The molecule has 0 aliphatic carbocycles. The lowest BCUT2D eigenvalue weighted by Crippen LogP contribution is -2.36. The Morgan fingerprint density at radius 2 is 1.02 bits per heavy atom. The number of rotatable bonds is 19. The summed E-state index contributed by atoms with van der Waals surface area (Å²) in [6.45, 7) is 16.7. The van der Waals surface area contributed by atoms with Gasteiger partial charge >= 0.3 is 18.3 Å². The SMILES string of the molecule is COc1cc(/C=C\C(=O)C(CCN(C)C(=O)OC(C)(C)C)C(=O)/C=C\c2ccc(OCCNC(=O)OC(C)(C)C)c(OC)c2)ccc1OCCNC(=O)OC(C)(C)C. The van der Waals surface area contributed by atoms with Gasteiger partial charge in [0.2, 0.25) is 0 Å². The molecule has 0 spiro atoms. The molecule has 0 fully saturated rings. The Bertz CT molecular complexity index is 1660. The van der Waals surface area contributed by atoms with Crippen LogP contribution in [0.25, 0.3) is 12.2 Å². The van der Waals surface area contributed by atoms with Crippen molar-refractivity contribution in [2.75, 3.05) is 54.1 Å². The maximum Gasteiger partial charge on any atom is 0.410 e. The molecule has 0 atom stereocenters. The molecule has 2 N–H and O–H groups in total. The van der Waals surface area contributed by atoms with E-state index in [4.69, 9.17) is 33.2 Å². The number of benzene rings is 2. The predicted octanol–water partition coefficient (Wildman–Crippen LogP) is 7.25. The lowest BCUT2D eigenvalue weighted by molar-refractivity contribution is -0.127. The van der Waals surface area contributed by atoms with Crippen LogP contribution in [0, 0.1) is 5.92 Å². The summed E-state index contributed by atoms with van der Waals surface area (Å²) in [5.41, 5.74) is -0.757. The number of amides is 3. The first-order chi connectivity index (χ1) is 27.0. The number of methoxy groups -OCH3 is 2. The van der Waals surface area contributed by atoms with E-state index < -0.39 is 52.6 Å². The summed E-state index contributed by atoms with van der Waals surface area (Å²) in [6.07, 6.45) is 4.10. The summed E-state index contributed by atoms with van der Waals surface area (Å²) in [4.78, 5) is 65.1. The fourth-order valence-corrected chi connectivity index (χ4v) is 4.84. The minimum Gasteiger partial charge on any atom is -0.493 e. The van der Waals surface area contributed by atoms with Crippen LogP contribution >= 0.6 is 0 Å². The average Bonchev–Trinajstić information content (AvgIpc) is 3.11. The number of carbonyl (C=O) groups is 5. The van der Waals surface area contributed by atoms with Crippen LogP contribution in [0.15, 0.2) is 48.6 Å². The van der Waals surface area contributed by atoms with Crippen molar-refractivity contribution in [3.63, 3.8) is 0 Å². The van der Waals surface area contributed by atoms with Crippen molar-refractivity contribution in [1.82, 2.24) is 15.5 Å². The number of hydrogen-bond acceptors (Lipinski definition) is 12. The molecule has 15 nitrogen and oxygen atoms in total. The smallest absolute Gasteiger partial charge is 0.410 e. The molecule has 0 saturated heterocycles. The van der Waals surface area contributed by atoms with Gasteiger partial charge < -0.3 is 48.7 Å². The number of nitrogens with zero attached hydrogens (tertiary/aromatic N) is 1. The van der Waals surface area contributed by atoms with Gasteiger partial charge in [0.15, 0.2) is 34.6 Å². The van der Waals surface area contributed by atoms with E-state index in [0.717, 1.165) is 0 Å². The highest BCUT2D eigenvalue weighted by atomic mass is 16.6. The van der Waals surface area contributed by atoms with Crippen molar-refractivity contribution in [3.8, 4) is 23.0 Å². The van der Waals surface area contributed by atoms with E-state index in [0.29, 0.717) is 34.1 Å². The molecule has 0 aliphatic heterocycles. The Balaban J connectivity index is 2.19. The van der Waals surface area contributed by atoms with E-state index in [2.05, 4.69) is 10.6 Å². The number of hydrogen-bond donors (Lipinski definition) is 2. The van der Waals surface area contributed by atoms with Crippen molar-refractivity contribution < 1.29 is 57.1 Å². The normalized spacial score (nSPS) is 11.9. The van der Waals surface area contributed by atoms with Crippen LogP contribution in [-0.4, -0.2) is 106 Å². The first-order valence-electron chi connectivity index (χ1n) is 18.9. The molecule has 3 amide bonds. The van der Waals surface area contributed by atoms with Crippen LogP contribution in [0.5, 0.6) is 23.0 Å². The zero-order chi connectivity index (χ0) is 43.7. The van der Waals surface area contributed by atoms with Gasteiger partial charge in [0.25, 0.3) is 0 Å². The minimum absolute atomic E-state index is 0.0307. The summed E-state index contributed by atoms with van der Waals surface area (Å²) in [7, 11) is 4.49. The van der Waals surface area contributed by atoms with E-state index >= 15 is 0 Å². The number of nitrogens with one attached hydrogen (secondary N) is 2. The number of alkyl carbamates (subject to hydrolysis) is 2. The third-order valence-electron chi connectivity index (χ3n) is 7.46. The molecule has 0 unspecified atom stereocenters. The molecule has 0 aromatic heterocycles. The molecule has 2 aromatic carbocycles. The number of ketones is 2. The Morgan fingerprint density at radius 1 is 0.621 bits per heavy atom. The first kappa shape index (κ1) is 48.4. The fourth-order valence-electron chi connectivity index (χ4n) is 4.84. The zero-order valence-electron chi connectivity index (χ0n) is 35.9. The molecule has 0 saturated carbocycles. The van der Waals surface area contributed by atoms with Crippen molar-refractivity contribution in [2.24, 2.45) is 5.92 Å². The standard InChI is InChI=1S/C43H61N3O12/c1-41(2,3)56-38(49)44-22-25-54-34-19-15-29(27-36(34)52-11)13-17-32(47)31(21-24-46(10)40(51)58-43(7,8)9)33(48)18-14-30-16-20-35(37(28-30)53-12)55-26-23-45-39(50)57-42(4,5)6/h13-20,27-28,31H,21-26H2,1-12H3,(H,44,49)(H,45,50)/b17-13-,18-14-. The van der Waals surface area contributed by atoms with Crippen LogP contribution in [0.2, 0.25) is 0 Å². The van der Waals surface area contributed by atoms with Crippen molar-refractivity contribution in [3.05, 3.63) is 59.7 Å². The van der Waals surface area contributed by atoms with Gasteiger partial charge in [-0.3, -0.25) is 9.59 Å². The van der Waals surface area contributed by atoms with Gasteiger partial charge in [-0.05, 0) is 116 Å². The van der Waals surface area contributed by atoms with Gasteiger partial charge in [-0.2, -0.15) is 0 Å². The molecule has 58 heavy (non-hydrogen) atoms. The second-order valence-corrected chi connectivity index (χ2v) is 16.1. The highest BCUT2D eigenvalue weighted by molar-refractivity contribution is 6.13. The van der Waals surface area contributed by atoms with Gasteiger partial charge in [0.1, 0.15) is 30.0 Å². The molecule has 0 bridgehead atoms. The first-order valence-corrected chi connectivity index (χ1v) is 18.9. The molecule has 0 aliphatic rings. The Morgan fingerprint density at radius 3 is 1.38 bits per heavy atom. The third kappa shape index (κ3) is 18.9. The van der Waals surface area contributed by atoms with E-state index in [9.17, 15) is 24.0 Å². The highest BCUT2D eigenvalue weighted by Crippen LogP contribution is 2.30. The Kier molecular flexibility index (Phi) is 18.6. The summed E-state index contributed by atoms with van der Waals surface area (Å²) in [5.74, 6) is -0.432. The van der Waals surface area contributed by atoms with Gasteiger partial charge in [-0.15, -0.1) is 0 Å². The van der Waals surface area contributed by atoms with Crippen LogP contribution in [0.1, 0.15) is 79.9 Å². The maximum atomic E-state index is 13.7. The molecule has 15 heteroatoms. The van der Waals surface area contributed by atoms with Gasteiger partial charge in [-0.25, -0.2) is 14.4 Å². The molecule has 0 radical (unpaired) electrons. The largest absolute Gasteiger partial charge is 0.493 e. The summed E-state index contributed by atoms with van der Waals surface area (Å²) >= 11 is 0. The second-order valence-electron chi connectivity index (χ2n) is 16.1. The van der Waals surface area contributed by atoms with Crippen molar-refractivity contribution >= 4 is 42.0 Å². The topological polar surface area (TPSA) is 177 Å². The van der Waals surface area contributed by atoms with E-state index in [1.54, 1.807) is 118 Å². The second kappa shape index (κ2) is 22.3. The van der Waals surface area contributed by atoms with Crippen LogP contribution in [0.3, 0.4) is 0 Å². The summed E-state index contributed by atoms with van der Waals surface area (Å²) in [6, 6.07) is 10.1. The lowest BCUT2D eigenvalue weighted by atomic mass is 9.93. The van der Waals surface area contributed by atoms with Crippen molar-refractivity contribution in [1.29, 1.82) is 0 Å². The quantitative estimate of drug-likeness (QED) is 0.0630. The van der Waals surface area contributed by atoms with Crippen LogP contribution in [0.4, 0.5) is 14.4 Å². The van der Waals surface area contributed by atoms with Gasteiger partial charge in [0.05, 0.1) is 33.2 Å². The number of allylic oxidation sites excluding steroid dienone is 2. The lowest BCUT2D eigenvalue weighted by Gasteiger charge is -2.25. The molecule has 0 heterocycles. The molecule has 2 aromatic rings. The fraction of sp³-hybridized carbons (Fsp3) is 0.512. The summed E-state index contributed by atoms with van der Waals surface area (Å²) in [5, 5.41) is 5.25. The third-order valence-corrected chi connectivity index (χ3v) is 7.46. The van der Waals surface area contributed by atoms with Crippen molar-refractivity contribution in [2.45, 2.75) is 85.5 Å². The number of carbonyl (C=O) groups excluding carboxylic acids is 5. The Hall–Kier alpha value is -5.73. The van der Waals surface area contributed by atoms with Gasteiger partial charge in [0, 0.05) is 13.6 Å². The Labute approximate surface area is 342 Å². The zero-order valence-corrected chi connectivity index (χ0v) is 35.9. The van der Waals surface area contributed by atoms with E-state index in [1.807, 2.05) is 0 Å². The number of ether oxygens (including phenoxy) is 7. The predicted molar refractivity (Wildman–Crippen MR) is 221 cm³/mol. The highest BCUT2D eigenvalue weighted by Gasteiger charge is 2.26. The van der Waals surface area contributed by atoms with Crippen LogP contribution in [-0.2, 0) is 23.8 Å². The molecule has 2 rings (SSSR count). The minimum atomic E-state index is -1.12. The van der Waals surface area contributed by atoms with Gasteiger partial charge in [-0.1, -0.05) is 24.3 Å². The van der Waals surface area contributed by atoms with Crippen LogP contribution < -0.4 is 29.6 Å². The van der Waals surface area contributed by atoms with E-state index in [-0.39, 0.29) is 39.3 Å². The average molecular weight is 812 g/mol. The monoisotopic (exact) mass is 811 g/mol.